The third-order valence-corrected chi connectivity index (χ3v) is 2.35. The maximum atomic E-state index is 11.3. The highest BCUT2D eigenvalue weighted by molar-refractivity contribution is 5.93. The molecule has 0 amide bonds. The van der Waals surface area contributed by atoms with Gasteiger partial charge in [-0.15, -0.1) is 0 Å². The van der Waals surface area contributed by atoms with Gasteiger partial charge in [-0.2, -0.15) is 0 Å². The normalized spacial score (nSPS) is 24.6. The van der Waals surface area contributed by atoms with E-state index >= 15 is 0 Å². The van der Waals surface area contributed by atoms with Gasteiger partial charge in [-0.05, 0) is 13.3 Å². The number of rotatable bonds is 3. The molecular formula is C10H15NO4. The Bertz CT molecular complexity index is 311. The van der Waals surface area contributed by atoms with Gasteiger partial charge in [0.05, 0.1) is 13.7 Å². The van der Waals surface area contributed by atoms with E-state index in [0.29, 0.717) is 18.6 Å². The van der Waals surface area contributed by atoms with Crippen LogP contribution in [0.25, 0.3) is 0 Å². The van der Waals surface area contributed by atoms with Gasteiger partial charge in [0.1, 0.15) is 5.54 Å². The third kappa shape index (κ3) is 2.36. The number of hydrogen-bond acceptors (Lipinski definition) is 5. The summed E-state index contributed by atoms with van der Waals surface area (Å²) in [5.41, 5.74) is 5.15. The predicted octanol–water partition coefficient (Wildman–Crippen LogP) is 0.140. The molecule has 5 nitrogen and oxygen atoms in total. The molecule has 1 aliphatic rings. The predicted molar refractivity (Wildman–Crippen MR) is 52.9 cm³/mol. The minimum Gasteiger partial charge on any atom is -0.468 e. The summed E-state index contributed by atoms with van der Waals surface area (Å²) in [6, 6.07) is 0. The van der Waals surface area contributed by atoms with E-state index in [-0.39, 0.29) is 6.42 Å². The molecule has 2 N–H and O–H groups in total. The van der Waals surface area contributed by atoms with Crippen LogP contribution >= 0.6 is 0 Å². The maximum absolute atomic E-state index is 11.3. The molecule has 15 heavy (non-hydrogen) atoms. The van der Waals surface area contributed by atoms with Gasteiger partial charge >= 0.3 is 11.9 Å². The molecule has 0 bridgehead atoms. The Morgan fingerprint density at radius 3 is 2.80 bits per heavy atom. The quantitative estimate of drug-likeness (QED) is 0.674. The van der Waals surface area contributed by atoms with E-state index in [4.69, 9.17) is 10.5 Å². The van der Waals surface area contributed by atoms with Crippen LogP contribution in [0.5, 0.6) is 0 Å². The van der Waals surface area contributed by atoms with Crippen LogP contribution in [0.3, 0.4) is 0 Å². The summed E-state index contributed by atoms with van der Waals surface area (Å²) >= 11 is 0. The molecule has 1 aliphatic carbocycles. The van der Waals surface area contributed by atoms with E-state index < -0.39 is 17.5 Å². The second kappa shape index (κ2) is 4.44. The van der Waals surface area contributed by atoms with Crippen LogP contribution in [-0.4, -0.2) is 31.2 Å². The highest BCUT2D eigenvalue weighted by Gasteiger charge is 2.41. The molecule has 0 heterocycles. The van der Waals surface area contributed by atoms with Gasteiger partial charge in [-0.1, -0.05) is 6.08 Å². The van der Waals surface area contributed by atoms with E-state index in [2.05, 4.69) is 4.74 Å². The maximum Gasteiger partial charge on any atom is 0.333 e. The second-order valence-electron chi connectivity index (χ2n) is 3.48. The number of hydrogen-bond donors (Lipinski definition) is 1. The van der Waals surface area contributed by atoms with Crippen LogP contribution in [0.15, 0.2) is 11.6 Å². The Labute approximate surface area is 88.2 Å². The number of methoxy groups -OCH3 is 1. The van der Waals surface area contributed by atoms with Gasteiger partial charge in [0.2, 0.25) is 0 Å². The highest BCUT2D eigenvalue weighted by atomic mass is 16.5. The SMILES string of the molecule is CCOC(=O)C1=CCC(N)(C(=O)OC)C1. The summed E-state index contributed by atoms with van der Waals surface area (Å²) in [7, 11) is 1.28. The van der Waals surface area contributed by atoms with Crippen molar-refractivity contribution in [2.75, 3.05) is 13.7 Å². The van der Waals surface area contributed by atoms with Crippen molar-refractivity contribution in [1.82, 2.24) is 0 Å². The van der Waals surface area contributed by atoms with Crippen LogP contribution < -0.4 is 5.73 Å². The van der Waals surface area contributed by atoms with Gasteiger partial charge in [-0.25, -0.2) is 4.79 Å². The average Bonchev–Trinajstić information content (AvgIpc) is 2.61. The monoisotopic (exact) mass is 213 g/mol. The molecule has 84 valence electrons. The number of carbonyl (C=O) groups excluding carboxylic acids is 2. The number of nitrogens with two attached hydrogens (primary N) is 1. The lowest BCUT2D eigenvalue weighted by Gasteiger charge is -2.20. The van der Waals surface area contributed by atoms with Crippen LogP contribution in [0, 0.1) is 0 Å². The molecule has 0 aromatic carbocycles. The smallest absolute Gasteiger partial charge is 0.333 e. The van der Waals surface area contributed by atoms with Gasteiger partial charge in [-0.3, -0.25) is 4.79 Å². The summed E-state index contributed by atoms with van der Waals surface area (Å²) in [5, 5.41) is 0. The molecule has 0 fully saturated rings. The van der Waals surface area contributed by atoms with Gasteiger partial charge in [0.15, 0.2) is 0 Å². The molecule has 0 radical (unpaired) electrons. The minimum absolute atomic E-state index is 0.179. The fourth-order valence-corrected chi connectivity index (χ4v) is 1.53. The Morgan fingerprint density at radius 2 is 2.27 bits per heavy atom. The largest absolute Gasteiger partial charge is 0.468 e. The van der Waals surface area contributed by atoms with E-state index in [1.54, 1.807) is 13.0 Å². The standard InChI is InChI=1S/C10H15NO4/c1-3-15-8(12)7-4-5-10(11,6-7)9(13)14-2/h4H,3,5-6,11H2,1-2H3. The topological polar surface area (TPSA) is 78.6 Å². The minimum atomic E-state index is -1.10. The molecule has 0 aromatic rings. The van der Waals surface area contributed by atoms with E-state index in [1.807, 2.05) is 0 Å². The first-order chi connectivity index (χ1) is 7.03. The third-order valence-electron chi connectivity index (χ3n) is 2.35. The summed E-state index contributed by atoms with van der Waals surface area (Å²) < 4.78 is 9.39. The molecule has 1 unspecified atom stereocenters. The van der Waals surface area contributed by atoms with E-state index in [9.17, 15) is 9.59 Å². The van der Waals surface area contributed by atoms with E-state index in [1.165, 1.54) is 7.11 Å². The second-order valence-corrected chi connectivity index (χ2v) is 3.48. The first-order valence-electron chi connectivity index (χ1n) is 4.77. The zero-order valence-electron chi connectivity index (χ0n) is 8.91. The Balaban J connectivity index is 2.64. The van der Waals surface area contributed by atoms with Crippen LogP contribution in [0.2, 0.25) is 0 Å². The fraction of sp³-hybridized carbons (Fsp3) is 0.600. The van der Waals surface area contributed by atoms with Crippen molar-refractivity contribution < 1.29 is 19.1 Å². The molecule has 0 saturated heterocycles. The molecule has 5 heteroatoms. The Hall–Kier alpha value is -1.36. The van der Waals surface area contributed by atoms with Crippen molar-refractivity contribution in [2.24, 2.45) is 5.73 Å². The van der Waals surface area contributed by atoms with Crippen LogP contribution in [0.4, 0.5) is 0 Å². The molecule has 0 spiro atoms. The highest BCUT2D eigenvalue weighted by Crippen LogP contribution is 2.28. The van der Waals surface area contributed by atoms with Crippen molar-refractivity contribution in [3.05, 3.63) is 11.6 Å². The van der Waals surface area contributed by atoms with Crippen molar-refractivity contribution in [1.29, 1.82) is 0 Å². The van der Waals surface area contributed by atoms with Crippen LogP contribution in [-0.2, 0) is 19.1 Å². The molecular weight excluding hydrogens is 198 g/mol. The summed E-state index contributed by atoms with van der Waals surface area (Å²) in [5.74, 6) is -0.910. The van der Waals surface area contributed by atoms with Crippen LogP contribution in [0.1, 0.15) is 19.8 Å². The first-order valence-corrected chi connectivity index (χ1v) is 4.77. The van der Waals surface area contributed by atoms with Crippen molar-refractivity contribution in [3.8, 4) is 0 Å². The molecule has 1 rings (SSSR count). The fourth-order valence-electron chi connectivity index (χ4n) is 1.53. The summed E-state index contributed by atoms with van der Waals surface area (Å²) in [6.07, 6.45) is 2.13. The van der Waals surface area contributed by atoms with Crippen molar-refractivity contribution in [2.45, 2.75) is 25.3 Å². The molecule has 0 aromatic heterocycles. The van der Waals surface area contributed by atoms with Gasteiger partial charge in [0.25, 0.3) is 0 Å². The first kappa shape index (κ1) is 11.7. The molecule has 0 saturated carbocycles. The summed E-state index contributed by atoms with van der Waals surface area (Å²) in [6.45, 7) is 2.04. The molecule has 1 atom stereocenters. The Kier molecular flexibility index (Phi) is 3.47. The van der Waals surface area contributed by atoms with Crippen molar-refractivity contribution in [3.63, 3.8) is 0 Å². The number of ether oxygens (including phenoxy) is 2. The zero-order valence-corrected chi connectivity index (χ0v) is 8.91. The van der Waals surface area contributed by atoms with Gasteiger partial charge < -0.3 is 15.2 Å². The lowest BCUT2D eigenvalue weighted by Crippen LogP contribution is -2.46. The lowest BCUT2D eigenvalue weighted by atomic mass is 9.97. The lowest BCUT2D eigenvalue weighted by molar-refractivity contribution is -0.146. The van der Waals surface area contributed by atoms with Gasteiger partial charge in [0, 0.05) is 12.0 Å². The number of esters is 2. The van der Waals surface area contributed by atoms with E-state index in [0.717, 1.165) is 0 Å². The zero-order chi connectivity index (χ0) is 11.5. The summed E-state index contributed by atoms with van der Waals surface area (Å²) in [4.78, 5) is 22.7. The van der Waals surface area contributed by atoms with Crippen molar-refractivity contribution >= 4 is 11.9 Å². The Morgan fingerprint density at radius 1 is 1.60 bits per heavy atom. The molecule has 0 aliphatic heterocycles. The average molecular weight is 213 g/mol. The number of carbonyl (C=O) groups is 2.